The molecule has 2 heterocycles. The van der Waals surface area contributed by atoms with E-state index in [-0.39, 0.29) is 0 Å². The van der Waals surface area contributed by atoms with Crippen LogP contribution >= 0.6 is 11.3 Å². The molecule has 0 amide bonds. The molecule has 3 nitrogen and oxygen atoms in total. The molecule has 1 fully saturated rings. The molecule has 0 bridgehead atoms. The molecule has 1 saturated heterocycles. The Morgan fingerprint density at radius 2 is 2.00 bits per heavy atom. The summed E-state index contributed by atoms with van der Waals surface area (Å²) in [5.41, 5.74) is 0. The van der Waals surface area contributed by atoms with Crippen molar-refractivity contribution in [1.82, 2.24) is 15.1 Å². The number of hydrogen-bond acceptors (Lipinski definition) is 4. The summed E-state index contributed by atoms with van der Waals surface area (Å²) in [7, 11) is 2.21. The summed E-state index contributed by atoms with van der Waals surface area (Å²) in [6, 6.07) is 5.04. The Balaban J connectivity index is 1.60. The van der Waals surface area contributed by atoms with Gasteiger partial charge in [0.15, 0.2) is 0 Å². The molecule has 1 atom stereocenters. The minimum atomic E-state index is 0.493. The standard InChI is InChI=1S/C16H29N3S/c1-4-15-6-7-16(20-15)14(2)17-8-5-9-19-12-10-18(3)11-13-19/h6-7,14,17H,4-5,8-13H2,1-3H3. The largest absolute Gasteiger partial charge is 0.309 e. The number of nitrogens with zero attached hydrogens (tertiary/aromatic N) is 2. The molecule has 0 saturated carbocycles. The molecule has 1 aliphatic heterocycles. The van der Waals surface area contributed by atoms with Crippen LogP contribution in [0.5, 0.6) is 0 Å². The summed E-state index contributed by atoms with van der Waals surface area (Å²) in [4.78, 5) is 7.97. The number of rotatable bonds is 7. The van der Waals surface area contributed by atoms with Crippen molar-refractivity contribution in [3.8, 4) is 0 Å². The van der Waals surface area contributed by atoms with Gasteiger partial charge in [-0.3, -0.25) is 0 Å². The van der Waals surface area contributed by atoms with E-state index in [0.29, 0.717) is 6.04 Å². The Bertz CT molecular complexity index is 383. The van der Waals surface area contributed by atoms with Crippen LogP contribution in [-0.2, 0) is 6.42 Å². The van der Waals surface area contributed by atoms with Crippen LogP contribution in [0.4, 0.5) is 0 Å². The first-order chi connectivity index (χ1) is 9.69. The third-order valence-corrected chi connectivity index (χ3v) is 5.57. The topological polar surface area (TPSA) is 18.5 Å². The molecule has 114 valence electrons. The second kappa shape index (κ2) is 8.13. The van der Waals surface area contributed by atoms with Crippen LogP contribution in [0.1, 0.15) is 36.1 Å². The minimum absolute atomic E-state index is 0.493. The van der Waals surface area contributed by atoms with Crippen molar-refractivity contribution in [3.05, 3.63) is 21.9 Å². The van der Waals surface area contributed by atoms with Gasteiger partial charge in [0.2, 0.25) is 0 Å². The third kappa shape index (κ3) is 4.85. The smallest absolute Gasteiger partial charge is 0.0386 e. The fraction of sp³-hybridized carbons (Fsp3) is 0.750. The first-order valence-corrected chi connectivity index (χ1v) is 8.73. The molecule has 1 unspecified atom stereocenters. The Hall–Kier alpha value is -0.420. The molecule has 2 rings (SSSR count). The van der Waals surface area contributed by atoms with Gasteiger partial charge in [-0.2, -0.15) is 0 Å². The van der Waals surface area contributed by atoms with E-state index in [0.717, 1.165) is 13.0 Å². The first kappa shape index (κ1) is 16.0. The Morgan fingerprint density at radius 3 is 2.65 bits per heavy atom. The Morgan fingerprint density at radius 1 is 1.25 bits per heavy atom. The fourth-order valence-electron chi connectivity index (χ4n) is 2.61. The van der Waals surface area contributed by atoms with Gasteiger partial charge in [0.1, 0.15) is 0 Å². The SMILES string of the molecule is CCc1ccc(C(C)NCCCN2CCN(C)CC2)s1. The van der Waals surface area contributed by atoms with Gasteiger partial charge in [-0.25, -0.2) is 0 Å². The van der Waals surface area contributed by atoms with Gasteiger partial charge in [-0.05, 0) is 52.0 Å². The van der Waals surface area contributed by atoms with Crippen molar-refractivity contribution >= 4 is 11.3 Å². The van der Waals surface area contributed by atoms with Crippen LogP contribution < -0.4 is 5.32 Å². The molecular weight excluding hydrogens is 266 g/mol. The molecule has 0 aromatic carbocycles. The summed E-state index contributed by atoms with van der Waals surface area (Å²) in [6.45, 7) is 11.8. The highest BCUT2D eigenvalue weighted by atomic mass is 32.1. The lowest BCUT2D eigenvalue weighted by Crippen LogP contribution is -2.45. The van der Waals surface area contributed by atoms with E-state index in [1.165, 1.54) is 48.9 Å². The highest BCUT2D eigenvalue weighted by Gasteiger charge is 2.13. The molecular formula is C16H29N3S. The lowest BCUT2D eigenvalue weighted by atomic mass is 10.2. The maximum atomic E-state index is 3.66. The van der Waals surface area contributed by atoms with Gasteiger partial charge >= 0.3 is 0 Å². The first-order valence-electron chi connectivity index (χ1n) is 7.92. The number of likely N-dealkylation sites (N-methyl/N-ethyl adjacent to an activating group) is 1. The third-order valence-electron chi connectivity index (χ3n) is 4.16. The predicted molar refractivity (Wildman–Crippen MR) is 88.7 cm³/mol. The average molecular weight is 295 g/mol. The van der Waals surface area contributed by atoms with Gasteiger partial charge in [-0.1, -0.05) is 6.92 Å². The van der Waals surface area contributed by atoms with Crippen LogP contribution in [0.15, 0.2) is 12.1 Å². The van der Waals surface area contributed by atoms with Crippen LogP contribution in [0, 0.1) is 0 Å². The fourth-order valence-corrected chi connectivity index (χ4v) is 3.59. The van der Waals surface area contributed by atoms with Gasteiger partial charge < -0.3 is 15.1 Å². The lowest BCUT2D eigenvalue weighted by molar-refractivity contribution is 0.152. The zero-order chi connectivity index (χ0) is 14.4. The van der Waals surface area contributed by atoms with E-state index in [4.69, 9.17) is 0 Å². The highest BCUT2D eigenvalue weighted by molar-refractivity contribution is 7.12. The zero-order valence-corrected chi connectivity index (χ0v) is 14.0. The Labute approximate surface area is 128 Å². The van der Waals surface area contributed by atoms with E-state index in [1.807, 2.05) is 11.3 Å². The van der Waals surface area contributed by atoms with E-state index in [2.05, 4.69) is 48.1 Å². The number of piperazine rings is 1. The van der Waals surface area contributed by atoms with E-state index in [9.17, 15) is 0 Å². The molecule has 0 spiro atoms. The van der Waals surface area contributed by atoms with E-state index < -0.39 is 0 Å². The Kier molecular flexibility index (Phi) is 6.49. The summed E-state index contributed by atoms with van der Waals surface area (Å²) in [5, 5.41) is 3.66. The molecule has 1 N–H and O–H groups in total. The normalized spacial score (nSPS) is 19.4. The van der Waals surface area contributed by atoms with E-state index in [1.54, 1.807) is 0 Å². The van der Waals surface area contributed by atoms with Gasteiger partial charge in [-0.15, -0.1) is 11.3 Å². The maximum Gasteiger partial charge on any atom is 0.0386 e. The van der Waals surface area contributed by atoms with Gasteiger partial charge in [0.25, 0.3) is 0 Å². The van der Waals surface area contributed by atoms with Crippen molar-refractivity contribution in [3.63, 3.8) is 0 Å². The number of aryl methyl sites for hydroxylation is 1. The van der Waals surface area contributed by atoms with Crippen LogP contribution in [0.2, 0.25) is 0 Å². The molecule has 4 heteroatoms. The number of thiophene rings is 1. The molecule has 20 heavy (non-hydrogen) atoms. The van der Waals surface area contributed by atoms with Crippen molar-refractivity contribution in [2.45, 2.75) is 32.7 Å². The van der Waals surface area contributed by atoms with E-state index >= 15 is 0 Å². The number of hydrogen-bond donors (Lipinski definition) is 1. The predicted octanol–water partition coefficient (Wildman–Crippen LogP) is 2.60. The minimum Gasteiger partial charge on any atom is -0.309 e. The summed E-state index contributed by atoms with van der Waals surface area (Å²) in [5.74, 6) is 0. The van der Waals surface area contributed by atoms with Crippen molar-refractivity contribution in [2.75, 3.05) is 46.3 Å². The summed E-state index contributed by atoms with van der Waals surface area (Å²) in [6.07, 6.45) is 2.40. The molecule has 1 aliphatic rings. The van der Waals surface area contributed by atoms with Crippen molar-refractivity contribution in [2.24, 2.45) is 0 Å². The average Bonchev–Trinajstić information content (AvgIpc) is 2.94. The quantitative estimate of drug-likeness (QED) is 0.780. The van der Waals surface area contributed by atoms with Crippen LogP contribution in [0.3, 0.4) is 0 Å². The van der Waals surface area contributed by atoms with Crippen LogP contribution in [0.25, 0.3) is 0 Å². The maximum absolute atomic E-state index is 3.66. The lowest BCUT2D eigenvalue weighted by Gasteiger charge is -2.32. The second-order valence-corrected chi connectivity index (χ2v) is 7.03. The van der Waals surface area contributed by atoms with Crippen molar-refractivity contribution in [1.29, 1.82) is 0 Å². The van der Waals surface area contributed by atoms with Crippen LogP contribution in [-0.4, -0.2) is 56.1 Å². The highest BCUT2D eigenvalue weighted by Crippen LogP contribution is 2.23. The molecule has 0 aliphatic carbocycles. The van der Waals surface area contributed by atoms with Gasteiger partial charge in [0, 0.05) is 42.0 Å². The zero-order valence-electron chi connectivity index (χ0n) is 13.2. The van der Waals surface area contributed by atoms with Crippen molar-refractivity contribution < 1.29 is 0 Å². The second-order valence-electron chi connectivity index (χ2n) is 5.83. The summed E-state index contributed by atoms with van der Waals surface area (Å²) >= 11 is 1.95. The monoisotopic (exact) mass is 295 g/mol. The van der Waals surface area contributed by atoms with Gasteiger partial charge in [0.05, 0.1) is 0 Å². The molecule has 1 aromatic heterocycles. The molecule has 0 radical (unpaired) electrons. The molecule has 1 aromatic rings. The summed E-state index contributed by atoms with van der Waals surface area (Å²) < 4.78 is 0. The number of nitrogens with one attached hydrogen (secondary N) is 1.